The second-order valence-corrected chi connectivity index (χ2v) is 11.4. The van der Waals surface area contributed by atoms with Crippen molar-refractivity contribution in [3.05, 3.63) is 83.9 Å². The third-order valence-corrected chi connectivity index (χ3v) is 7.89. The number of nitrogens with zero attached hydrogens (tertiary/aromatic N) is 2. The summed E-state index contributed by atoms with van der Waals surface area (Å²) in [6.45, 7) is 5.70. The summed E-state index contributed by atoms with van der Waals surface area (Å²) in [7, 11) is 2.08. The van der Waals surface area contributed by atoms with Gasteiger partial charge in [-0.1, -0.05) is 61.5 Å². The average Bonchev–Trinajstić information content (AvgIpc) is 3.82. The fraction of sp³-hybridized carbons (Fsp3) is 0.394. The number of anilines is 1. The molecule has 0 bridgehead atoms. The van der Waals surface area contributed by atoms with E-state index in [1.165, 1.54) is 16.7 Å². The van der Waals surface area contributed by atoms with Crippen LogP contribution in [0.5, 0.6) is 5.75 Å². The minimum Gasteiger partial charge on any atom is -0.488 e. The van der Waals surface area contributed by atoms with Crippen molar-refractivity contribution in [1.82, 2.24) is 9.80 Å². The van der Waals surface area contributed by atoms with Crippen LogP contribution < -0.4 is 10.1 Å². The molecular formula is C33H39N3O4. The van der Waals surface area contributed by atoms with E-state index in [2.05, 4.69) is 60.6 Å². The second kappa shape index (κ2) is 12.2. The van der Waals surface area contributed by atoms with Gasteiger partial charge in [0.05, 0.1) is 18.2 Å². The van der Waals surface area contributed by atoms with Crippen LogP contribution in [0.25, 0.3) is 11.1 Å². The van der Waals surface area contributed by atoms with E-state index < -0.39 is 0 Å². The third kappa shape index (κ3) is 6.54. The van der Waals surface area contributed by atoms with Crippen molar-refractivity contribution in [3.63, 3.8) is 0 Å². The molecule has 1 aliphatic carbocycles. The van der Waals surface area contributed by atoms with Crippen molar-refractivity contribution in [1.29, 1.82) is 0 Å². The minimum atomic E-state index is -0.341. The van der Waals surface area contributed by atoms with Crippen LogP contribution in [-0.4, -0.2) is 65.6 Å². The van der Waals surface area contributed by atoms with Crippen LogP contribution in [-0.2, 0) is 11.3 Å². The molecule has 3 aromatic rings. The van der Waals surface area contributed by atoms with E-state index in [4.69, 9.17) is 4.74 Å². The summed E-state index contributed by atoms with van der Waals surface area (Å²) in [6, 6.07) is 23.9. The van der Waals surface area contributed by atoms with Gasteiger partial charge >= 0.3 is 0 Å². The topological polar surface area (TPSA) is 82.1 Å². The molecule has 0 radical (unpaired) electrons. The Morgan fingerprint density at radius 3 is 2.45 bits per heavy atom. The Kier molecular flexibility index (Phi) is 8.52. The summed E-state index contributed by atoms with van der Waals surface area (Å²) in [5.74, 6) is 0.390. The maximum absolute atomic E-state index is 13.6. The van der Waals surface area contributed by atoms with E-state index in [1.54, 1.807) is 23.1 Å². The Bertz CT molecular complexity index is 1320. The van der Waals surface area contributed by atoms with Gasteiger partial charge in [0.2, 0.25) is 5.91 Å². The Morgan fingerprint density at radius 2 is 1.77 bits per heavy atom. The first kappa shape index (κ1) is 27.9. The highest BCUT2D eigenvalue weighted by Gasteiger charge is 2.34. The molecule has 1 aliphatic heterocycles. The minimum absolute atomic E-state index is 0.00957. The highest BCUT2D eigenvalue weighted by molar-refractivity contribution is 6.00. The van der Waals surface area contributed by atoms with Gasteiger partial charge < -0.3 is 20.1 Å². The van der Waals surface area contributed by atoms with Crippen LogP contribution in [0.2, 0.25) is 0 Å². The van der Waals surface area contributed by atoms with E-state index in [1.807, 2.05) is 25.1 Å². The average molecular weight is 542 g/mol. The normalized spacial score (nSPS) is 19.8. The Morgan fingerprint density at radius 1 is 1.07 bits per heavy atom. The zero-order chi connectivity index (χ0) is 28.2. The molecule has 5 rings (SSSR count). The number of hydrogen-bond donors (Lipinski definition) is 2. The van der Waals surface area contributed by atoms with Crippen LogP contribution in [0.3, 0.4) is 0 Å². The zero-order valence-corrected chi connectivity index (χ0v) is 23.5. The van der Waals surface area contributed by atoms with Crippen LogP contribution in [0.1, 0.15) is 42.6 Å². The predicted molar refractivity (Wildman–Crippen MR) is 157 cm³/mol. The number of ether oxygens (including phenoxy) is 1. The molecule has 3 atom stereocenters. The number of likely N-dealkylation sites (N-methyl/N-ethyl adjacent to an activating group) is 1. The number of fused-ring (bicyclic) bond motifs is 1. The van der Waals surface area contributed by atoms with Crippen LogP contribution >= 0.6 is 0 Å². The molecule has 210 valence electrons. The molecule has 7 nitrogen and oxygen atoms in total. The van der Waals surface area contributed by atoms with Crippen molar-refractivity contribution >= 4 is 17.5 Å². The van der Waals surface area contributed by atoms with Crippen LogP contribution in [0, 0.1) is 11.8 Å². The largest absolute Gasteiger partial charge is 0.488 e. The predicted octanol–water partition coefficient (Wildman–Crippen LogP) is 5.05. The van der Waals surface area contributed by atoms with Crippen LogP contribution in [0.4, 0.5) is 5.69 Å². The molecule has 2 amide bonds. The lowest BCUT2D eigenvalue weighted by Crippen LogP contribution is -2.49. The first-order valence-electron chi connectivity index (χ1n) is 14.2. The van der Waals surface area contributed by atoms with Crippen molar-refractivity contribution in [2.45, 2.75) is 45.4 Å². The lowest BCUT2D eigenvalue weighted by molar-refractivity contribution is -0.117. The van der Waals surface area contributed by atoms with Gasteiger partial charge in [-0.05, 0) is 61.7 Å². The fourth-order valence-electron chi connectivity index (χ4n) is 5.22. The molecule has 0 saturated heterocycles. The summed E-state index contributed by atoms with van der Waals surface area (Å²) >= 11 is 0. The number of carbonyl (C=O) groups is 2. The van der Waals surface area contributed by atoms with Crippen LogP contribution in [0.15, 0.2) is 72.8 Å². The molecule has 0 aromatic heterocycles. The molecule has 2 N–H and O–H groups in total. The van der Waals surface area contributed by atoms with E-state index >= 15 is 0 Å². The number of amides is 2. The number of rotatable bonds is 9. The first-order chi connectivity index (χ1) is 19.3. The van der Waals surface area contributed by atoms with Gasteiger partial charge in [-0.15, -0.1) is 0 Å². The number of benzene rings is 3. The maximum atomic E-state index is 13.6. The molecule has 7 heteroatoms. The Hall–Kier alpha value is -3.68. The standard InChI is InChI=1S/C33H39N3O4/c1-22-18-36(23(2)21-37)33(39)29-17-28(34-32(38)27-13-14-27)15-16-30(29)40-31(22)20-35(3)19-24-9-11-26(12-10-24)25-7-5-4-6-8-25/h4-12,15-17,22-23,27,31,37H,13-14,18-21H2,1-3H3,(H,34,38)/t22-,23+,31+/m1/s1. The Balaban J connectivity index is 1.33. The van der Waals surface area contributed by atoms with E-state index in [-0.39, 0.29) is 42.4 Å². The molecule has 3 aromatic carbocycles. The highest BCUT2D eigenvalue weighted by atomic mass is 16.5. The third-order valence-electron chi connectivity index (χ3n) is 7.89. The zero-order valence-electron chi connectivity index (χ0n) is 23.5. The van der Waals surface area contributed by atoms with Crippen molar-refractivity contribution in [2.24, 2.45) is 11.8 Å². The van der Waals surface area contributed by atoms with Gasteiger partial charge in [0.1, 0.15) is 11.9 Å². The van der Waals surface area contributed by atoms with E-state index in [9.17, 15) is 14.7 Å². The van der Waals surface area contributed by atoms with Gasteiger partial charge in [0.15, 0.2) is 0 Å². The van der Waals surface area contributed by atoms with Gasteiger partial charge in [-0.3, -0.25) is 14.5 Å². The molecule has 0 spiro atoms. The number of aliphatic hydroxyl groups excluding tert-OH is 1. The quantitative estimate of drug-likeness (QED) is 0.396. The Labute approximate surface area is 236 Å². The lowest BCUT2D eigenvalue weighted by atomic mass is 9.99. The summed E-state index contributed by atoms with van der Waals surface area (Å²) in [4.78, 5) is 30.0. The SMILES string of the molecule is C[C@@H]1CN([C@@H](C)CO)C(=O)c2cc(NC(=O)C3CC3)ccc2O[C@H]1CN(C)Cc1ccc(-c2ccccc2)cc1. The second-order valence-electron chi connectivity index (χ2n) is 11.4. The molecule has 2 aliphatic rings. The highest BCUT2D eigenvalue weighted by Crippen LogP contribution is 2.33. The summed E-state index contributed by atoms with van der Waals surface area (Å²) in [6.07, 6.45) is 1.64. The molecule has 1 heterocycles. The maximum Gasteiger partial charge on any atom is 0.258 e. The fourth-order valence-corrected chi connectivity index (χ4v) is 5.22. The summed E-state index contributed by atoms with van der Waals surface area (Å²) in [5, 5.41) is 12.9. The summed E-state index contributed by atoms with van der Waals surface area (Å²) in [5.41, 5.74) is 4.60. The van der Waals surface area contributed by atoms with Gasteiger partial charge in [-0.2, -0.15) is 0 Å². The van der Waals surface area contributed by atoms with E-state index in [0.29, 0.717) is 30.1 Å². The van der Waals surface area contributed by atoms with Gasteiger partial charge in [0, 0.05) is 37.2 Å². The molecular weight excluding hydrogens is 502 g/mol. The number of carbonyl (C=O) groups excluding carboxylic acids is 2. The van der Waals surface area contributed by atoms with Crippen molar-refractivity contribution in [3.8, 4) is 16.9 Å². The monoisotopic (exact) mass is 541 g/mol. The first-order valence-corrected chi connectivity index (χ1v) is 14.2. The van der Waals surface area contributed by atoms with Crippen molar-refractivity contribution < 1.29 is 19.4 Å². The van der Waals surface area contributed by atoms with Gasteiger partial charge in [-0.25, -0.2) is 0 Å². The molecule has 1 saturated carbocycles. The lowest BCUT2D eigenvalue weighted by Gasteiger charge is -2.38. The number of hydrogen-bond acceptors (Lipinski definition) is 5. The number of aliphatic hydroxyl groups is 1. The smallest absolute Gasteiger partial charge is 0.258 e. The van der Waals surface area contributed by atoms with E-state index in [0.717, 1.165) is 19.4 Å². The molecule has 1 fully saturated rings. The summed E-state index contributed by atoms with van der Waals surface area (Å²) < 4.78 is 6.52. The number of nitrogens with one attached hydrogen (secondary N) is 1. The van der Waals surface area contributed by atoms with Crippen molar-refractivity contribution in [2.75, 3.05) is 32.1 Å². The molecule has 40 heavy (non-hydrogen) atoms. The van der Waals surface area contributed by atoms with Gasteiger partial charge in [0.25, 0.3) is 5.91 Å². The molecule has 0 unspecified atom stereocenters.